The fourth-order valence-corrected chi connectivity index (χ4v) is 2.37. The van der Waals surface area contributed by atoms with Crippen LogP contribution < -0.4 is 10.9 Å². The Morgan fingerprint density at radius 2 is 1.79 bits per heavy atom. The first-order valence-corrected chi connectivity index (χ1v) is 7.56. The zero-order chi connectivity index (χ0) is 17.1. The van der Waals surface area contributed by atoms with Gasteiger partial charge in [-0.1, -0.05) is 41.9 Å². The van der Waals surface area contributed by atoms with Crippen LogP contribution in [-0.2, 0) is 4.79 Å². The Hall–Kier alpha value is -2.92. The predicted molar refractivity (Wildman–Crippen MR) is 91.0 cm³/mol. The minimum absolute atomic E-state index is 0.0838. The predicted octanol–water partition coefficient (Wildman–Crippen LogP) is 3.59. The van der Waals surface area contributed by atoms with Crippen LogP contribution in [0.3, 0.4) is 0 Å². The Morgan fingerprint density at radius 1 is 1.08 bits per heavy atom. The van der Waals surface area contributed by atoms with Gasteiger partial charge in [0.15, 0.2) is 0 Å². The van der Waals surface area contributed by atoms with Crippen LogP contribution in [0.4, 0.5) is 5.69 Å². The number of halogens is 1. The van der Waals surface area contributed by atoms with Gasteiger partial charge in [0.1, 0.15) is 11.1 Å². The smallest absolute Gasteiger partial charge is 0.263 e. The fraction of sp³-hybridized carbons (Fsp3) is 0.0556. The van der Waals surface area contributed by atoms with Crippen molar-refractivity contribution in [3.8, 4) is 0 Å². The molecule has 6 heteroatoms. The van der Waals surface area contributed by atoms with E-state index in [1.165, 1.54) is 6.92 Å². The topological polar surface area (TPSA) is 71.7 Å². The van der Waals surface area contributed by atoms with E-state index in [0.29, 0.717) is 16.3 Å². The van der Waals surface area contributed by atoms with E-state index < -0.39 is 11.8 Å². The van der Waals surface area contributed by atoms with Crippen molar-refractivity contribution in [2.75, 3.05) is 0 Å². The summed E-state index contributed by atoms with van der Waals surface area (Å²) in [6, 6.07) is 15.8. The first kappa shape index (κ1) is 16.0. The summed E-state index contributed by atoms with van der Waals surface area (Å²) in [5, 5.41) is 3.39. The van der Waals surface area contributed by atoms with Crippen LogP contribution in [0.25, 0.3) is 11.0 Å². The van der Waals surface area contributed by atoms with E-state index in [9.17, 15) is 9.59 Å². The van der Waals surface area contributed by atoms with Gasteiger partial charge in [-0.05, 0) is 24.3 Å². The number of carbonyl (C=O) groups is 2. The lowest BCUT2D eigenvalue weighted by Gasteiger charge is -2.05. The number of hydrogen-bond acceptors (Lipinski definition) is 4. The minimum atomic E-state index is -0.581. The van der Waals surface area contributed by atoms with E-state index in [0.717, 1.165) is 5.39 Å². The molecule has 0 radical (unpaired) electrons. The van der Waals surface area contributed by atoms with Gasteiger partial charge in [-0.2, -0.15) is 0 Å². The van der Waals surface area contributed by atoms with Crippen molar-refractivity contribution in [3.05, 3.63) is 70.7 Å². The number of imide groups is 1. The van der Waals surface area contributed by atoms with E-state index in [-0.39, 0.29) is 11.1 Å². The van der Waals surface area contributed by atoms with Gasteiger partial charge in [0.05, 0.1) is 10.7 Å². The van der Waals surface area contributed by atoms with Crippen LogP contribution in [0.2, 0.25) is 5.02 Å². The summed E-state index contributed by atoms with van der Waals surface area (Å²) in [7, 11) is 0. The Balaban J connectivity index is 2.26. The van der Waals surface area contributed by atoms with Gasteiger partial charge in [0.2, 0.25) is 11.5 Å². The summed E-state index contributed by atoms with van der Waals surface area (Å²) in [5.41, 5.74) is 1.28. The lowest BCUT2D eigenvalue weighted by atomic mass is 10.1. The maximum Gasteiger partial charge on any atom is 0.263 e. The number of rotatable bonds is 2. The molecule has 1 N–H and O–H groups in total. The van der Waals surface area contributed by atoms with Gasteiger partial charge in [0, 0.05) is 12.3 Å². The molecule has 0 aliphatic heterocycles. The molecular weight excluding hydrogens is 328 g/mol. The molecule has 0 spiro atoms. The maximum absolute atomic E-state index is 12.3. The third-order valence-electron chi connectivity index (χ3n) is 3.26. The Bertz CT molecular complexity index is 1010. The SMILES string of the molecule is CC(=O)NC(=O)c1cc2ccccc2oc1=Nc1ccccc1Cl. The molecule has 0 bridgehead atoms. The molecule has 0 aliphatic carbocycles. The second-order valence-electron chi connectivity index (χ2n) is 5.08. The highest BCUT2D eigenvalue weighted by molar-refractivity contribution is 6.32. The average molecular weight is 341 g/mol. The van der Waals surface area contributed by atoms with Crippen molar-refractivity contribution in [2.45, 2.75) is 6.92 Å². The Labute approximate surface area is 142 Å². The van der Waals surface area contributed by atoms with E-state index in [2.05, 4.69) is 10.3 Å². The highest BCUT2D eigenvalue weighted by Crippen LogP contribution is 2.23. The summed E-state index contributed by atoms with van der Waals surface area (Å²) in [4.78, 5) is 27.9. The summed E-state index contributed by atoms with van der Waals surface area (Å²) >= 11 is 6.12. The largest absolute Gasteiger partial charge is 0.438 e. The molecule has 0 atom stereocenters. The third-order valence-corrected chi connectivity index (χ3v) is 3.58. The fourth-order valence-electron chi connectivity index (χ4n) is 2.19. The monoisotopic (exact) mass is 340 g/mol. The lowest BCUT2D eigenvalue weighted by Crippen LogP contribution is -2.32. The van der Waals surface area contributed by atoms with E-state index >= 15 is 0 Å². The number of para-hydroxylation sites is 2. The summed E-state index contributed by atoms with van der Waals surface area (Å²) in [5.74, 6) is -1.04. The molecule has 0 fully saturated rings. The maximum atomic E-state index is 12.3. The molecule has 0 aliphatic rings. The number of nitrogens with one attached hydrogen (secondary N) is 1. The number of nitrogens with zero attached hydrogens (tertiary/aromatic N) is 1. The number of hydrogen-bond donors (Lipinski definition) is 1. The summed E-state index contributed by atoms with van der Waals surface area (Å²) in [6.07, 6.45) is 0. The minimum Gasteiger partial charge on any atom is -0.438 e. The first-order valence-electron chi connectivity index (χ1n) is 7.18. The van der Waals surface area contributed by atoms with E-state index in [1.54, 1.807) is 36.4 Å². The van der Waals surface area contributed by atoms with Crippen LogP contribution >= 0.6 is 11.6 Å². The van der Waals surface area contributed by atoms with E-state index in [1.807, 2.05) is 18.2 Å². The molecule has 0 unspecified atom stereocenters. The van der Waals surface area contributed by atoms with Gasteiger partial charge in [-0.3, -0.25) is 14.9 Å². The Kier molecular flexibility index (Phi) is 4.44. The number of carbonyl (C=O) groups excluding carboxylic acids is 2. The molecule has 1 heterocycles. The van der Waals surface area contributed by atoms with Crippen molar-refractivity contribution < 1.29 is 14.0 Å². The molecule has 120 valence electrons. The van der Waals surface area contributed by atoms with Crippen molar-refractivity contribution in [1.29, 1.82) is 0 Å². The lowest BCUT2D eigenvalue weighted by molar-refractivity contribution is -0.118. The molecule has 5 nitrogen and oxygen atoms in total. The third kappa shape index (κ3) is 3.36. The van der Waals surface area contributed by atoms with Crippen LogP contribution in [0.15, 0.2) is 64.0 Å². The number of fused-ring (bicyclic) bond motifs is 1. The van der Waals surface area contributed by atoms with Gasteiger partial charge < -0.3 is 4.42 Å². The van der Waals surface area contributed by atoms with Crippen LogP contribution in [0, 0.1) is 0 Å². The summed E-state index contributed by atoms with van der Waals surface area (Å²) < 4.78 is 5.76. The van der Waals surface area contributed by atoms with Gasteiger partial charge in [0.25, 0.3) is 5.91 Å². The highest BCUT2D eigenvalue weighted by Gasteiger charge is 2.14. The highest BCUT2D eigenvalue weighted by atomic mass is 35.5. The quantitative estimate of drug-likeness (QED) is 0.774. The van der Waals surface area contributed by atoms with Crippen molar-refractivity contribution >= 4 is 40.1 Å². The molecule has 3 rings (SSSR count). The van der Waals surface area contributed by atoms with Crippen LogP contribution in [0.5, 0.6) is 0 Å². The zero-order valence-corrected chi connectivity index (χ0v) is 13.5. The van der Waals surface area contributed by atoms with Crippen molar-refractivity contribution in [2.24, 2.45) is 4.99 Å². The molecule has 1 aromatic heterocycles. The van der Waals surface area contributed by atoms with Gasteiger partial charge in [-0.25, -0.2) is 4.99 Å². The van der Waals surface area contributed by atoms with Crippen LogP contribution in [-0.4, -0.2) is 11.8 Å². The molecule has 2 aromatic carbocycles. The standard InChI is InChI=1S/C18H13ClN2O3/c1-11(22)20-17(23)13-10-12-6-2-5-9-16(12)24-18(13)21-15-8-4-3-7-14(15)19/h2-10H,1H3,(H,20,22,23). The molecule has 0 saturated carbocycles. The first-order chi connectivity index (χ1) is 11.5. The average Bonchev–Trinajstić information content (AvgIpc) is 2.55. The summed E-state index contributed by atoms with van der Waals surface area (Å²) in [6.45, 7) is 1.26. The van der Waals surface area contributed by atoms with Gasteiger partial charge >= 0.3 is 0 Å². The van der Waals surface area contributed by atoms with Crippen molar-refractivity contribution in [1.82, 2.24) is 5.32 Å². The molecular formula is C18H13ClN2O3. The van der Waals surface area contributed by atoms with Gasteiger partial charge in [-0.15, -0.1) is 0 Å². The van der Waals surface area contributed by atoms with E-state index in [4.69, 9.17) is 16.0 Å². The van der Waals surface area contributed by atoms with Crippen molar-refractivity contribution in [3.63, 3.8) is 0 Å². The molecule has 0 saturated heterocycles. The Morgan fingerprint density at radius 3 is 2.54 bits per heavy atom. The number of amides is 2. The second kappa shape index (κ2) is 6.68. The zero-order valence-electron chi connectivity index (χ0n) is 12.7. The second-order valence-corrected chi connectivity index (χ2v) is 5.48. The normalized spacial score (nSPS) is 11.5. The molecule has 2 amide bonds. The number of benzene rings is 2. The van der Waals surface area contributed by atoms with Crippen LogP contribution in [0.1, 0.15) is 17.3 Å². The molecule has 24 heavy (non-hydrogen) atoms. The molecule has 3 aromatic rings.